The summed E-state index contributed by atoms with van der Waals surface area (Å²) in [5.74, 6) is 0.145. The van der Waals surface area contributed by atoms with Gasteiger partial charge in [-0.3, -0.25) is 4.79 Å². The summed E-state index contributed by atoms with van der Waals surface area (Å²) in [6.07, 6.45) is 2.51. The first-order chi connectivity index (χ1) is 10.7. The SMILES string of the molecule is Cc1ccc(CCCC(=O)NCc2ccc3c(c2)CNC3)s1.Cl. The molecule has 3 rings (SSSR count). The number of benzene rings is 1. The van der Waals surface area contributed by atoms with Crippen molar-refractivity contribution in [1.29, 1.82) is 0 Å². The van der Waals surface area contributed by atoms with Gasteiger partial charge in [-0.05, 0) is 48.6 Å². The maximum absolute atomic E-state index is 11.9. The summed E-state index contributed by atoms with van der Waals surface area (Å²) < 4.78 is 0. The van der Waals surface area contributed by atoms with Crippen LogP contribution in [0.5, 0.6) is 0 Å². The fourth-order valence-electron chi connectivity index (χ4n) is 2.79. The van der Waals surface area contributed by atoms with E-state index in [9.17, 15) is 4.79 Å². The van der Waals surface area contributed by atoms with E-state index in [1.165, 1.54) is 26.4 Å². The highest BCUT2D eigenvalue weighted by Gasteiger charge is 2.10. The van der Waals surface area contributed by atoms with Crippen molar-refractivity contribution in [2.24, 2.45) is 0 Å². The predicted octanol–water partition coefficient (Wildman–Crippen LogP) is 3.72. The van der Waals surface area contributed by atoms with E-state index in [1.54, 1.807) is 0 Å². The van der Waals surface area contributed by atoms with Crippen LogP contribution in [-0.2, 0) is 30.8 Å². The number of halogens is 1. The van der Waals surface area contributed by atoms with Gasteiger partial charge in [0.25, 0.3) is 0 Å². The van der Waals surface area contributed by atoms with Crippen LogP contribution < -0.4 is 10.6 Å². The maximum atomic E-state index is 11.9. The van der Waals surface area contributed by atoms with Gasteiger partial charge in [-0.15, -0.1) is 23.7 Å². The van der Waals surface area contributed by atoms with Gasteiger partial charge < -0.3 is 10.6 Å². The molecule has 0 spiro atoms. The van der Waals surface area contributed by atoms with E-state index >= 15 is 0 Å². The summed E-state index contributed by atoms with van der Waals surface area (Å²) in [6.45, 7) is 4.65. The lowest BCUT2D eigenvalue weighted by Gasteiger charge is -2.07. The second kappa shape index (κ2) is 8.48. The average Bonchev–Trinajstić information content (AvgIpc) is 3.13. The van der Waals surface area contributed by atoms with Gasteiger partial charge in [0.05, 0.1) is 0 Å². The molecule has 1 aliphatic heterocycles. The Balaban J connectivity index is 0.00000192. The third-order valence-corrected chi connectivity index (χ3v) is 5.07. The summed E-state index contributed by atoms with van der Waals surface area (Å²) in [4.78, 5) is 14.6. The van der Waals surface area contributed by atoms with Crippen molar-refractivity contribution in [2.75, 3.05) is 0 Å². The standard InChI is InChI=1S/C18H22N2OS.ClH/c1-13-5-8-17(22-13)3-2-4-18(21)20-10-14-6-7-15-11-19-12-16(15)9-14;/h5-9,19H,2-4,10-12H2,1H3,(H,20,21);1H. The molecule has 1 aromatic carbocycles. The lowest BCUT2D eigenvalue weighted by atomic mass is 10.1. The molecule has 0 unspecified atom stereocenters. The Morgan fingerprint density at radius 1 is 1.22 bits per heavy atom. The highest BCUT2D eigenvalue weighted by molar-refractivity contribution is 7.11. The topological polar surface area (TPSA) is 41.1 Å². The number of nitrogens with one attached hydrogen (secondary N) is 2. The minimum Gasteiger partial charge on any atom is -0.352 e. The zero-order valence-corrected chi connectivity index (χ0v) is 15.0. The van der Waals surface area contributed by atoms with Crippen LogP contribution in [0.4, 0.5) is 0 Å². The van der Waals surface area contributed by atoms with Crippen LogP contribution >= 0.6 is 23.7 Å². The smallest absolute Gasteiger partial charge is 0.220 e. The second-order valence-corrected chi connectivity index (χ2v) is 7.22. The first-order valence-electron chi connectivity index (χ1n) is 7.84. The van der Waals surface area contributed by atoms with Gasteiger partial charge in [-0.1, -0.05) is 18.2 Å². The van der Waals surface area contributed by atoms with Crippen molar-refractivity contribution in [3.05, 3.63) is 56.8 Å². The summed E-state index contributed by atoms with van der Waals surface area (Å²) in [6, 6.07) is 10.8. The van der Waals surface area contributed by atoms with Crippen LogP contribution in [0.2, 0.25) is 0 Å². The first-order valence-corrected chi connectivity index (χ1v) is 8.66. The summed E-state index contributed by atoms with van der Waals surface area (Å²) in [7, 11) is 0. The zero-order valence-electron chi connectivity index (χ0n) is 13.4. The minimum atomic E-state index is 0. The van der Waals surface area contributed by atoms with E-state index in [0.717, 1.165) is 25.9 Å². The summed E-state index contributed by atoms with van der Waals surface area (Å²) >= 11 is 1.82. The molecule has 1 aromatic heterocycles. The second-order valence-electron chi connectivity index (χ2n) is 5.85. The van der Waals surface area contributed by atoms with E-state index in [2.05, 4.69) is 47.9 Å². The van der Waals surface area contributed by atoms with E-state index in [0.29, 0.717) is 13.0 Å². The number of thiophene rings is 1. The van der Waals surface area contributed by atoms with E-state index in [1.807, 2.05) is 11.3 Å². The third-order valence-electron chi connectivity index (χ3n) is 4.01. The van der Waals surface area contributed by atoms with E-state index in [-0.39, 0.29) is 18.3 Å². The normalized spacial score (nSPS) is 12.6. The van der Waals surface area contributed by atoms with Gasteiger partial charge >= 0.3 is 0 Å². The Hall–Kier alpha value is -1.36. The Labute approximate surface area is 147 Å². The molecule has 1 amide bonds. The Morgan fingerprint density at radius 3 is 2.83 bits per heavy atom. The molecule has 23 heavy (non-hydrogen) atoms. The molecule has 0 fully saturated rings. The Kier molecular flexibility index (Phi) is 6.63. The molecule has 0 bridgehead atoms. The summed E-state index contributed by atoms with van der Waals surface area (Å²) in [5, 5.41) is 6.36. The number of carbonyl (C=O) groups is 1. The van der Waals surface area contributed by atoms with Crippen molar-refractivity contribution >= 4 is 29.7 Å². The molecule has 0 atom stereocenters. The van der Waals surface area contributed by atoms with Gasteiger partial charge in [-0.2, -0.15) is 0 Å². The number of rotatable bonds is 6. The van der Waals surface area contributed by atoms with Crippen LogP contribution in [0.1, 0.15) is 39.3 Å². The molecule has 1 aliphatic rings. The molecule has 0 saturated heterocycles. The Bertz CT molecular complexity index is 669. The highest BCUT2D eigenvalue weighted by atomic mass is 35.5. The molecule has 2 aromatic rings. The number of hydrogen-bond acceptors (Lipinski definition) is 3. The van der Waals surface area contributed by atoms with Crippen molar-refractivity contribution < 1.29 is 4.79 Å². The molecule has 124 valence electrons. The third kappa shape index (κ3) is 5.06. The highest BCUT2D eigenvalue weighted by Crippen LogP contribution is 2.18. The quantitative estimate of drug-likeness (QED) is 0.833. The zero-order chi connectivity index (χ0) is 15.4. The van der Waals surface area contributed by atoms with Crippen LogP contribution in [0.15, 0.2) is 30.3 Å². The number of carbonyl (C=O) groups excluding carboxylic acids is 1. The molecule has 0 aliphatic carbocycles. The Morgan fingerprint density at radius 2 is 2.04 bits per heavy atom. The van der Waals surface area contributed by atoms with Gasteiger partial charge in [0.2, 0.25) is 5.91 Å². The van der Waals surface area contributed by atoms with Gasteiger partial charge in [-0.25, -0.2) is 0 Å². The van der Waals surface area contributed by atoms with E-state index < -0.39 is 0 Å². The lowest BCUT2D eigenvalue weighted by Crippen LogP contribution is -2.22. The fraction of sp³-hybridized carbons (Fsp3) is 0.389. The van der Waals surface area contributed by atoms with Crippen LogP contribution in [0, 0.1) is 6.92 Å². The maximum Gasteiger partial charge on any atom is 0.220 e. The van der Waals surface area contributed by atoms with Crippen LogP contribution in [0.25, 0.3) is 0 Å². The molecule has 2 heterocycles. The molecule has 0 radical (unpaired) electrons. The monoisotopic (exact) mass is 350 g/mol. The first kappa shape index (κ1) is 18.0. The summed E-state index contributed by atoms with van der Waals surface area (Å²) in [5.41, 5.74) is 3.92. The molecule has 5 heteroatoms. The fourth-order valence-corrected chi connectivity index (χ4v) is 3.72. The van der Waals surface area contributed by atoms with Crippen molar-refractivity contribution in [3.8, 4) is 0 Å². The molecular formula is C18H23ClN2OS. The van der Waals surface area contributed by atoms with E-state index in [4.69, 9.17) is 0 Å². The van der Waals surface area contributed by atoms with Crippen molar-refractivity contribution in [1.82, 2.24) is 10.6 Å². The van der Waals surface area contributed by atoms with Gasteiger partial charge in [0, 0.05) is 35.8 Å². The molecule has 2 N–H and O–H groups in total. The molecular weight excluding hydrogens is 328 g/mol. The van der Waals surface area contributed by atoms with Crippen LogP contribution in [0.3, 0.4) is 0 Å². The number of hydrogen-bond donors (Lipinski definition) is 2. The van der Waals surface area contributed by atoms with Crippen LogP contribution in [-0.4, -0.2) is 5.91 Å². The van der Waals surface area contributed by atoms with Crippen molar-refractivity contribution in [3.63, 3.8) is 0 Å². The van der Waals surface area contributed by atoms with Crippen molar-refractivity contribution in [2.45, 2.75) is 45.8 Å². The largest absolute Gasteiger partial charge is 0.352 e. The minimum absolute atomic E-state index is 0. The van der Waals surface area contributed by atoms with Gasteiger partial charge in [0.1, 0.15) is 0 Å². The number of fused-ring (bicyclic) bond motifs is 1. The lowest BCUT2D eigenvalue weighted by molar-refractivity contribution is -0.121. The number of amides is 1. The average molecular weight is 351 g/mol. The van der Waals surface area contributed by atoms with Gasteiger partial charge in [0.15, 0.2) is 0 Å². The predicted molar refractivity (Wildman–Crippen MR) is 98.1 cm³/mol. The number of aryl methyl sites for hydroxylation is 2. The molecule has 3 nitrogen and oxygen atoms in total. The molecule has 0 saturated carbocycles.